The number of aliphatic hydroxyl groups excluding tert-OH is 1. The quantitative estimate of drug-likeness (QED) is 0.768. The van der Waals surface area contributed by atoms with E-state index < -0.39 is 6.41 Å². The fourth-order valence-corrected chi connectivity index (χ4v) is 5.79. The third-order valence-electron chi connectivity index (χ3n) is 6.30. The molecule has 5 nitrogen and oxygen atoms in total. The first-order valence-electron chi connectivity index (χ1n) is 10.3. The molecule has 2 aromatic carbocycles. The molecule has 29 heavy (non-hydrogen) atoms. The molecule has 0 spiro atoms. The molecule has 6 heteroatoms. The zero-order valence-corrected chi connectivity index (χ0v) is 17.2. The highest BCUT2D eigenvalue weighted by molar-refractivity contribution is 7.99. The van der Waals surface area contributed by atoms with Gasteiger partial charge in [0.15, 0.2) is 0 Å². The van der Waals surface area contributed by atoms with Crippen molar-refractivity contribution in [1.29, 1.82) is 0 Å². The Hall–Kier alpha value is -1.86. The van der Waals surface area contributed by atoms with Gasteiger partial charge in [0.05, 0.1) is 18.5 Å². The summed E-state index contributed by atoms with van der Waals surface area (Å²) in [7, 11) is 0. The van der Waals surface area contributed by atoms with Crippen molar-refractivity contribution in [2.75, 3.05) is 31.3 Å². The molecule has 0 bridgehead atoms. The molecule has 0 saturated carbocycles. The van der Waals surface area contributed by atoms with Gasteiger partial charge >= 0.3 is 0 Å². The molecule has 2 aliphatic heterocycles. The number of carbonyl (C=O) groups is 1. The second-order valence-corrected chi connectivity index (χ2v) is 9.00. The van der Waals surface area contributed by atoms with E-state index in [1.807, 2.05) is 9.80 Å². The highest BCUT2D eigenvalue weighted by Crippen LogP contribution is 2.44. The highest BCUT2D eigenvalue weighted by Gasteiger charge is 2.39. The van der Waals surface area contributed by atoms with Crippen LogP contribution in [0.1, 0.15) is 29.9 Å². The van der Waals surface area contributed by atoms with Crippen molar-refractivity contribution < 1.29 is 14.6 Å². The van der Waals surface area contributed by atoms with Crippen molar-refractivity contribution in [3.63, 3.8) is 0 Å². The first kappa shape index (κ1) is 19.1. The van der Waals surface area contributed by atoms with Gasteiger partial charge in [-0.3, -0.25) is 4.79 Å². The van der Waals surface area contributed by atoms with Gasteiger partial charge in [0.25, 0.3) is 0 Å². The van der Waals surface area contributed by atoms with Gasteiger partial charge in [-0.15, -0.1) is 11.8 Å². The van der Waals surface area contributed by atoms with E-state index in [1.165, 1.54) is 22.3 Å². The summed E-state index contributed by atoms with van der Waals surface area (Å²) in [6.07, 6.45) is 0.643. The Balaban J connectivity index is 1.29. The minimum Gasteiger partial charge on any atom is -0.356 e. The molecule has 2 saturated heterocycles. The van der Waals surface area contributed by atoms with Gasteiger partial charge in [-0.1, -0.05) is 48.5 Å². The number of amides is 1. The highest BCUT2D eigenvalue weighted by atomic mass is 32.2. The predicted octanol–water partition coefficient (Wildman–Crippen LogP) is 3.09. The van der Waals surface area contributed by atoms with Crippen molar-refractivity contribution >= 4 is 17.7 Å². The number of fused-ring (bicyclic) bond motifs is 3. The number of likely N-dealkylation sites (tertiary alicyclic amines) is 1. The molecular weight excluding hydrogens is 384 g/mol. The second kappa shape index (κ2) is 8.11. The van der Waals surface area contributed by atoms with Crippen LogP contribution in [0.25, 0.3) is 11.1 Å². The number of ether oxygens (including phenoxy) is 1. The van der Waals surface area contributed by atoms with Crippen LogP contribution in [0.4, 0.5) is 0 Å². The van der Waals surface area contributed by atoms with Crippen LogP contribution in [0.15, 0.2) is 48.5 Å². The lowest BCUT2D eigenvalue weighted by molar-refractivity contribution is -0.201. The fraction of sp³-hybridized carbons (Fsp3) is 0.435. The number of hydrogen-bond donors (Lipinski definition) is 1. The number of thioether (sulfide) groups is 1. The van der Waals surface area contributed by atoms with E-state index in [9.17, 15) is 9.90 Å². The third kappa shape index (κ3) is 3.48. The molecule has 1 aliphatic carbocycles. The number of benzene rings is 2. The fourth-order valence-electron chi connectivity index (χ4n) is 4.83. The summed E-state index contributed by atoms with van der Waals surface area (Å²) in [6.45, 7) is 1.89. The standard InChI is InChI=1S/C23H26N2O3S/c26-22(24-12-13-29-15-24)21-10-5-11-25(21)23(27)28-14-20-18-8-3-1-6-16(18)17-7-2-4-9-19(17)20/h1-4,6-9,20-21,23,27H,5,10-15H2/t21-,23?/m0/s1. The molecule has 1 amide bonds. The Morgan fingerprint density at radius 3 is 2.45 bits per heavy atom. The molecule has 2 heterocycles. The monoisotopic (exact) mass is 410 g/mol. The summed E-state index contributed by atoms with van der Waals surface area (Å²) in [4.78, 5) is 16.6. The van der Waals surface area contributed by atoms with E-state index in [2.05, 4.69) is 48.5 Å². The van der Waals surface area contributed by atoms with Crippen molar-refractivity contribution in [3.05, 3.63) is 59.7 Å². The van der Waals surface area contributed by atoms with Crippen LogP contribution in [-0.2, 0) is 9.53 Å². The maximum Gasteiger partial charge on any atom is 0.240 e. The zero-order valence-electron chi connectivity index (χ0n) is 16.4. The molecule has 2 fully saturated rings. The van der Waals surface area contributed by atoms with Crippen LogP contribution in [-0.4, -0.2) is 64.6 Å². The molecule has 5 rings (SSSR count). The predicted molar refractivity (Wildman–Crippen MR) is 114 cm³/mol. The van der Waals surface area contributed by atoms with Crippen LogP contribution >= 0.6 is 11.8 Å². The maximum absolute atomic E-state index is 12.9. The van der Waals surface area contributed by atoms with Gasteiger partial charge < -0.3 is 14.7 Å². The largest absolute Gasteiger partial charge is 0.356 e. The third-order valence-corrected chi connectivity index (χ3v) is 7.27. The topological polar surface area (TPSA) is 53.0 Å². The first-order valence-corrected chi connectivity index (χ1v) is 11.5. The van der Waals surface area contributed by atoms with E-state index in [1.54, 1.807) is 11.8 Å². The van der Waals surface area contributed by atoms with E-state index in [4.69, 9.17) is 4.74 Å². The molecule has 1 unspecified atom stereocenters. The Morgan fingerprint density at radius 2 is 1.79 bits per heavy atom. The molecule has 0 radical (unpaired) electrons. The zero-order chi connectivity index (χ0) is 19.8. The number of carbonyl (C=O) groups excluding carboxylic acids is 1. The number of nitrogens with zero attached hydrogens (tertiary/aromatic N) is 2. The van der Waals surface area contributed by atoms with Crippen LogP contribution in [0.2, 0.25) is 0 Å². The second-order valence-electron chi connectivity index (χ2n) is 7.92. The summed E-state index contributed by atoms with van der Waals surface area (Å²) in [6, 6.07) is 16.5. The lowest BCUT2D eigenvalue weighted by atomic mass is 9.98. The van der Waals surface area contributed by atoms with Crippen LogP contribution < -0.4 is 0 Å². The summed E-state index contributed by atoms with van der Waals surface area (Å²) in [5, 5.41) is 10.8. The number of rotatable bonds is 5. The smallest absolute Gasteiger partial charge is 0.240 e. The molecule has 2 atom stereocenters. The average Bonchev–Trinajstić information content (AvgIpc) is 3.51. The maximum atomic E-state index is 12.9. The van der Waals surface area contributed by atoms with Crippen LogP contribution in [0, 0.1) is 0 Å². The Morgan fingerprint density at radius 1 is 1.10 bits per heavy atom. The minimum atomic E-state index is -1.05. The normalized spacial score (nSPS) is 22.7. The van der Waals surface area contributed by atoms with Gasteiger partial charge in [-0.05, 0) is 35.1 Å². The molecule has 2 aromatic rings. The van der Waals surface area contributed by atoms with E-state index in [0.29, 0.717) is 13.2 Å². The summed E-state index contributed by atoms with van der Waals surface area (Å²) >= 11 is 1.79. The molecule has 3 aliphatic rings. The molecule has 1 N–H and O–H groups in total. The van der Waals surface area contributed by atoms with Gasteiger partial charge in [-0.25, -0.2) is 4.90 Å². The Kier molecular flexibility index (Phi) is 5.35. The Labute approximate surface area is 175 Å². The van der Waals surface area contributed by atoms with Gasteiger partial charge in [0, 0.05) is 24.8 Å². The first-order chi connectivity index (χ1) is 14.2. The van der Waals surface area contributed by atoms with Crippen molar-refractivity contribution in [2.24, 2.45) is 0 Å². The van der Waals surface area contributed by atoms with Gasteiger partial charge in [-0.2, -0.15) is 0 Å². The summed E-state index contributed by atoms with van der Waals surface area (Å²) < 4.78 is 5.97. The van der Waals surface area contributed by atoms with Gasteiger partial charge in [0.2, 0.25) is 12.3 Å². The van der Waals surface area contributed by atoms with E-state index >= 15 is 0 Å². The molecule has 0 aromatic heterocycles. The van der Waals surface area contributed by atoms with Crippen LogP contribution in [0.3, 0.4) is 0 Å². The Bertz CT molecular complexity index is 854. The average molecular weight is 411 g/mol. The van der Waals surface area contributed by atoms with Crippen LogP contribution in [0.5, 0.6) is 0 Å². The van der Waals surface area contributed by atoms with E-state index in [-0.39, 0.29) is 17.9 Å². The lowest BCUT2D eigenvalue weighted by Crippen LogP contribution is -2.49. The van der Waals surface area contributed by atoms with Gasteiger partial charge in [0.1, 0.15) is 0 Å². The molecule has 152 valence electrons. The summed E-state index contributed by atoms with van der Waals surface area (Å²) in [5.74, 6) is 1.99. The molecular formula is C23H26N2O3S. The SMILES string of the molecule is O=C([C@@H]1CCCN1C(O)OCC1c2ccccc2-c2ccccc21)N1CCSC1. The van der Waals surface area contributed by atoms with E-state index in [0.717, 1.165) is 31.0 Å². The number of hydrogen-bond acceptors (Lipinski definition) is 5. The lowest BCUT2D eigenvalue weighted by Gasteiger charge is -2.31. The van der Waals surface area contributed by atoms with Crippen molar-refractivity contribution in [1.82, 2.24) is 9.80 Å². The minimum absolute atomic E-state index is 0.101. The summed E-state index contributed by atoms with van der Waals surface area (Å²) in [5.41, 5.74) is 4.96. The van der Waals surface area contributed by atoms with Crippen molar-refractivity contribution in [2.45, 2.75) is 31.2 Å². The number of aliphatic hydroxyl groups is 1. The van der Waals surface area contributed by atoms with Crippen molar-refractivity contribution in [3.8, 4) is 11.1 Å².